The van der Waals surface area contributed by atoms with E-state index < -0.39 is 112 Å². The second kappa shape index (κ2) is 22.1. The molecule has 0 spiro atoms. The van der Waals surface area contributed by atoms with Gasteiger partial charge >= 0.3 is 30.0 Å². The number of ketones is 1. The predicted octanol–water partition coefficient (Wildman–Crippen LogP) is 8.30. The van der Waals surface area contributed by atoms with Gasteiger partial charge in [0, 0.05) is 30.6 Å². The first-order valence-electron chi connectivity index (χ1n) is 24.2. The summed E-state index contributed by atoms with van der Waals surface area (Å²) in [5.74, 6) is -5.52. The standard InChI is InChI=1S/C53H71NO14S2/c1-13-40(57)65-45-42-30(4)36(64-48(60)44(35(23-29(2)3)54-49(61)68-50(6,7)8)66-41(58)24-33-21-17-18-22-37(33)70-69-12)25-34(51(42,9)10)43(62-27-32-19-15-14-16-20-32)46-52(11,47(45)59)38(56)26-39-53(46,28-63-39)67-31(5)55/h14-22,29,34-36,38-39,43-46,56H,13,23-28H2,1-12H3,(H,54,61)/t34?,35-,36-,38-,39+,43?,44+,45?,46?,52+,53-/m0/s1. The fraction of sp³-hybridized carbons (Fsp3) is 0.623. The van der Waals surface area contributed by atoms with E-state index in [0.717, 1.165) is 10.5 Å². The average molecular weight is 1010 g/mol. The van der Waals surface area contributed by atoms with Crippen LogP contribution in [0.25, 0.3) is 0 Å². The molecule has 2 saturated carbocycles. The molecule has 17 heteroatoms. The minimum Gasteiger partial charge on any atom is -0.455 e. The quantitative estimate of drug-likeness (QED) is 0.0663. The van der Waals surface area contributed by atoms with Gasteiger partial charge < -0.3 is 43.6 Å². The molecule has 1 heterocycles. The second-order valence-electron chi connectivity index (χ2n) is 21.1. The number of alkyl carbamates (subject to hydrolysis) is 1. The van der Waals surface area contributed by atoms with Gasteiger partial charge in [0.2, 0.25) is 6.10 Å². The lowest BCUT2D eigenvalue weighted by Gasteiger charge is -2.66. The maximum atomic E-state index is 15.8. The lowest BCUT2D eigenvalue weighted by Crippen LogP contribution is -2.79. The third-order valence-corrected chi connectivity index (χ3v) is 16.1. The third kappa shape index (κ3) is 11.6. The summed E-state index contributed by atoms with van der Waals surface area (Å²) in [6, 6.07) is 15.7. The Balaban J connectivity index is 1.51. The van der Waals surface area contributed by atoms with Crippen molar-refractivity contribution < 1.29 is 67.0 Å². The van der Waals surface area contributed by atoms with Gasteiger partial charge in [-0.15, -0.1) is 0 Å². The van der Waals surface area contributed by atoms with Crippen LogP contribution in [0.15, 0.2) is 70.6 Å². The van der Waals surface area contributed by atoms with Crippen LogP contribution in [0.2, 0.25) is 0 Å². The molecule has 1 aliphatic heterocycles. The molecule has 6 rings (SSSR count). The summed E-state index contributed by atoms with van der Waals surface area (Å²) in [5.41, 5.74) is -2.86. The zero-order valence-electron chi connectivity index (χ0n) is 42.5. The highest BCUT2D eigenvalue weighted by Gasteiger charge is 2.75. The SMILES string of the molecule is CCC(=O)OC1C(=O)[C@@]2(C)C(C(OCc3ccccc3)C3C[C@H](OC(=O)[C@H](OC(=O)Cc4ccccc4SSC)[C@H](CC(C)C)NC(=O)OC(C)(C)C)C(C)=C1C3(C)C)[C@]1(OC(C)=O)CO[C@@H]1C[C@@H]2O. The van der Waals surface area contributed by atoms with E-state index in [1.807, 2.05) is 82.5 Å². The monoisotopic (exact) mass is 1010 g/mol. The molecule has 384 valence electrons. The van der Waals surface area contributed by atoms with E-state index in [4.69, 9.17) is 33.2 Å². The number of rotatable bonds is 17. The summed E-state index contributed by atoms with van der Waals surface area (Å²) < 4.78 is 43.9. The molecule has 3 fully saturated rings. The van der Waals surface area contributed by atoms with Gasteiger partial charge in [0.25, 0.3) is 0 Å². The van der Waals surface area contributed by atoms with Gasteiger partial charge in [-0.3, -0.25) is 19.2 Å². The Kier molecular flexibility index (Phi) is 17.4. The lowest BCUT2D eigenvalue weighted by molar-refractivity contribution is -0.339. The molecule has 2 bridgehead atoms. The van der Waals surface area contributed by atoms with E-state index in [1.54, 1.807) is 47.6 Å². The van der Waals surface area contributed by atoms with Gasteiger partial charge in [0.1, 0.15) is 17.8 Å². The number of benzene rings is 2. The van der Waals surface area contributed by atoms with Gasteiger partial charge in [0.15, 0.2) is 17.5 Å². The molecule has 1 amide bonds. The molecule has 1 saturated heterocycles. The van der Waals surface area contributed by atoms with Crippen LogP contribution in [0.4, 0.5) is 4.79 Å². The van der Waals surface area contributed by atoms with Crippen LogP contribution in [0.3, 0.4) is 0 Å². The average Bonchev–Trinajstić information content (AvgIpc) is 3.27. The number of ether oxygens (including phenoxy) is 7. The Labute approximate surface area is 419 Å². The fourth-order valence-corrected chi connectivity index (χ4v) is 12.7. The van der Waals surface area contributed by atoms with Crippen molar-refractivity contribution in [2.24, 2.45) is 28.6 Å². The molecule has 2 N–H and O–H groups in total. The summed E-state index contributed by atoms with van der Waals surface area (Å²) in [4.78, 5) is 86.1. The number of nitrogens with one attached hydrogen (secondary N) is 1. The highest BCUT2D eigenvalue weighted by atomic mass is 33.1. The lowest BCUT2D eigenvalue weighted by atomic mass is 9.46. The molecule has 4 unspecified atom stereocenters. The zero-order valence-corrected chi connectivity index (χ0v) is 44.1. The predicted molar refractivity (Wildman–Crippen MR) is 263 cm³/mol. The topological polar surface area (TPSA) is 199 Å². The number of aliphatic hydroxyl groups excluding tert-OH is 1. The summed E-state index contributed by atoms with van der Waals surface area (Å²) in [5, 5.41) is 15.1. The number of Topliss-reactive ketones (excluding diaryl/α,β-unsaturated/α-hetero) is 1. The van der Waals surface area contributed by atoms with Crippen molar-refractivity contribution in [3.63, 3.8) is 0 Å². The number of hydrogen-bond donors (Lipinski definition) is 2. The number of carbonyl (C=O) groups excluding carboxylic acids is 6. The minimum absolute atomic E-state index is 0.0465. The molecule has 2 aromatic rings. The third-order valence-electron chi connectivity index (χ3n) is 14.3. The molecule has 70 heavy (non-hydrogen) atoms. The van der Waals surface area contributed by atoms with Gasteiger partial charge in [-0.1, -0.05) is 105 Å². The number of hydrogen-bond acceptors (Lipinski definition) is 16. The maximum Gasteiger partial charge on any atom is 0.408 e. The van der Waals surface area contributed by atoms with Crippen molar-refractivity contribution >= 4 is 57.3 Å². The number of fused-ring (bicyclic) bond motifs is 5. The van der Waals surface area contributed by atoms with Crippen LogP contribution in [0.5, 0.6) is 0 Å². The Bertz CT molecular complexity index is 2290. The highest BCUT2D eigenvalue weighted by Crippen LogP contribution is 2.63. The van der Waals surface area contributed by atoms with Crippen molar-refractivity contribution in [1.82, 2.24) is 5.32 Å². The largest absolute Gasteiger partial charge is 0.455 e. The first kappa shape index (κ1) is 54.9. The van der Waals surface area contributed by atoms with E-state index in [9.17, 15) is 24.3 Å². The van der Waals surface area contributed by atoms with Gasteiger partial charge in [0.05, 0.1) is 43.3 Å². The van der Waals surface area contributed by atoms with Gasteiger partial charge in [-0.2, -0.15) is 0 Å². The van der Waals surface area contributed by atoms with Crippen molar-refractivity contribution in [2.45, 2.75) is 174 Å². The minimum atomic E-state index is -1.73. The Morgan fingerprint density at radius 2 is 1.63 bits per heavy atom. The number of carbonyl (C=O) groups is 6. The number of esters is 4. The van der Waals surface area contributed by atoms with E-state index in [0.29, 0.717) is 16.7 Å². The zero-order chi connectivity index (χ0) is 51.5. The van der Waals surface area contributed by atoms with Crippen LogP contribution in [0, 0.1) is 28.6 Å². The molecule has 0 radical (unpaired) electrons. The van der Waals surface area contributed by atoms with Crippen LogP contribution >= 0.6 is 21.6 Å². The van der Waals surface area contributed by atoms with Crippen LogP contribution < -0.4 is 5.32 Å². The molecule has 4 aliphatic rings. The number of amides is 1. The first-order valence-corrected chi connectivity index (χ1v) is 26.7. The van der Waals surface area contributed by atoms with Gasteiger partial charge in [-0.25, -0.2) is 9.59 Å². The van der Waals surface area contributed by atoms with Crippen molar-refractivity contribution in [3.8, 4) is 0 Å². The smallest absolute Gasteiger partial charge is 0.408 e. The van der Waals surface area contributed by atoms with Crippen LogP contribution in [-0.2, 0) is 70.2 Å². The van der Waals surface area contributed by atoms with Crippen LogP contribution in [-0.4, -0.2) is 108 Å². The van der Waals surface area contributed by atoms with Crippen molar-refractivity contribution in [3.05, 3.63) is 76.9 Å². The molecule has 2 aromatic carbocycles. The Morgan fingerprint density at radius 1 is 0.957 bits per heavy atom. The molecular formula is C53H71NO14S2. The van der Waals surface area contributed by atoms with Crippen molar-refractivity contribution in [1.29, 1.82) is 0 Å². The van der Waals surface area contributed by atoms with Crippen LogP contribution in [0.1, 0.15) is 113 Å². The summed E-state index contributed by atoms with van der Waals surface area (Å²) in [6.07, 6.45) is -6.53. The Morgan fingerprint density at radius 3 is 2.23 bits per heavy atom. The summed E-state index contributed by atoms with van der Waals surface area (Å²) in [7, 11) is 2.99. The molecule has 15 nitrogen and oxygen atoms in total. The maximum absolute atomic E-state index is 15.8. The first-order chi connectivity index (χ1) is 32.9. The van der Waals surface area contributed by atoms with Crippen molar-refractivity contribution in [2.75, 3.05) is 12.9 Å². The molecule has 3 aliphatic carbocycles. The van der Waals surface area contributed by atoms with E-state index in [1.165, 1.54) is 28.5 Å². The number of aliphatic hydroxyl groups is 1. The normalized spacial score (nSPS) is 28.9. The molecule has 0 aromatic heterocycles. The Hall–Kier alpha value is -4.42. The molecular weight excluding hydrogens is 939 g/mol. The summed E-state index contributed by atoms with van der Waals surface area (Å²) in [6.45, 7) is 18.9. The van der Waals surface area contributed by atoms with Gasteiger partial charge in [-0.05, 0) is 99.3 Å². The molecule has 11 atom stereocenters. The van der Waals surface area contributed by atoms with E-state index >= 15 is 9.59 Å². The fourth-order valence-electron chi connectivity index (χ4n) is 11.1. The van der Waals surface area contributed by atoms with E-state index in [-0.39, 0.29) is 51.2 Å². The highest BCUT2D eigenvalue weighted by molar-refractivity contribution is 8.76. The summed E-state index contributed by atoms with van der Waals surface area (Å²) >= 11 is 0. The second-order valence-corrected chi connectivity index (χ2v) is 23.6. The van der Waals surface area contributed by atoms with E-state index in [2.05, 4.69) is 5.32 Å².